The number of ether oxygens (including phenoxy) is 1. The predicted molar refractivity (Wildman–Crippen MR) is 195 cm³/mol. The Bertz CT molecular complexity index is 2090. The minimum Gasteiger partial charge on any atom is -0.508 e. The van der Waals surface area contributed by atoms with Crippen LogP contribution >= 0.6 is 0 Å². The van der Waals surface area contributed by atoms with Crippen molar-refractivity contribution >= 4 is 11.4 Å². The van der Waals surface area contributed by atoms with Crippen molar-refractivity contribution in [1.82, 2.24) is 0 Å². The van der Waals surface area contributed by atoms with Crippen molar-refractivity contribution in [2.24, 2.45) is 29.1 Å². The predicted octanol–water partition coefficient (Wildman–Crippen LogP) is 12.9. The highest BCUT2D eigenvalue weighted by Gasteiger charge is 2.49. The maximum absolute atomic E-state index is 16.5. The molecule has 12 heteroatoms. The van der Waals surface area contributed by atoms with Crippen LogP contribution in [0.5, 0.6) is 11.5 Å². The number of aliphatic hydroxyl groups is 1. The van der Waals surface area contributed by atoms with Crippen LogP contribution in [0.15, 0.2) is 115 Å². The summed E-state index contributed by atoms with van der Waals surface area (Å²) in [5.41, 5.74) is -3.05. The van der Waals surface area contributed by atoms with E-state index >= 15 is 13.2 Å². The number of aliphatic hydroxyl groups excluding tert-OH is 1. The fourth-order valence-electron chi connectivity index (χ4n) is 7.91. The van der Waals surface area contributed by atoms with Gasteiger partial charge < -0.3 is 9.84 Å². The number of carbonyl (C=O) groups excluding carboxylic acids is 1. The van der Waals surface area contributed by atoms with E-state index < -0.39 is 87.1 Å². The third-order valence-electron chi connectivity index (χ3n) is 11.3. The molecule has 0 spiro atoms. The first-order valence-corrected chi connectivity index (χ1v) is 18.2. The summed E-state index contributed by atoms with van der Waals surface area (Å²) in [6.07, 6.45) is 5.34. The number of hydrogen-bond donors (Lipinski definition) is 1. The molecule has 0 radical (unpaired) electrons. The molecule has 6 rings (SSSR count). The maximum atomic E-state index is 16.5. The van der Waals surface area contributed by atoms with Crippen LogP contribution in [-0.4, -0.2) is 23.2 Å². The number of rotatable bonds is 10. The highest BCUT2D eigenvalue weighted by atomic mass is 19.4. The molecule has 56 heavy (non-hydrogen) atoms. The Labute approximate surface area is 318 Å². The van der Waals surface area contributed by atoms with E-state index in [1.165, 1.54) is 30.4 Å². The van der Waals surface area contributed by atoms with Gasteiger partial charge in [0, 0.05) is 11.1 Å². The van der Waals surface area contributed by atoms with Crippen molar-refractivity contribution < 1.29 is 54.2 Å². The number of hydrogen-bond acceptors (Lipinski definition) is 3. The molecule has 1 fully saturated rings. The zero-order valence-corrected chi connectivity index (χ0v) is 30.5. The van der Waals surface area contributed by atoms with Crippen LogP contribution in [0, 0.1) is 46.5 Å². The van der Waals surface area contributed by atoms with Gasteiger partial charge in [-0.15, -0.1) is 6.58 Å². The molecule has 2 aromatic carbocycles. The molecule has 0 amide bonds. The number of allylic oxidation sites excluding steroid dienone is 14. The molecule has 0 aliphatic heterocycles. The average molecular weight is 787 g/mol. The minimum atomic E-state index is -4.81. The Morgan fingerprint density at radius 2 is 1.61 bits per heavy atom. The molecule has 0 heterocycles. The van der Waals surface area contributed by atoms with Crippen LogP contribution in [0.25, 0.3) is 5.57 Å². The molecule has 1 saturated carbocycles. The molecule has 4 aliphatic rings. The minimum absolute atomic E-state index is 0.0200. The zero-order chi connectivity index (χ0) is 40.7. The van der Waals surface area contributed by atoms with Crippen LogP contribution in [-0.2, 0) is 11.2 Å². The van der Waals surface area contributed by atoms with Gasteiger partial charge in [0.25, 0.3) is 0 Å². The lowest BCUT2D eigenvalue weighted by Crippen LogP contribution is -2.38. The fourth-order valence-corrected chi connectivity index (χ4v) is 7.91. The van der Waals surface area contributed by atoms with E-state index in [0.717, 1.165) is 48.6 Å². The summed E-state index contributed by atoms with van der Waals surface area (Å²) < 4.78 is 139. The number of alkyl halides is 6. The van der Waals surface area contributed by atoms with E-state index in [1.807, 2.05) is 6.92 Å². The zero-order valence-electron chi connectivity index (χ0n) is 30.5. The smallest absolute Gasteiger partial charge is 0.417 e. The Hall–Kier alpha value is -5.00. The topological polar surface area (TPSA) is 46.5 Å². The number of ketones is 1. The molecule has 0 bridgehead atoms. The van der Waals surface area contributed by atoms with Gasteiger partial charge in [-0.05, 0) is 114 Å². The van der Waals surface area contributed by atoms with Gasteiger partial charge in [-0.25, -0.2) is 13.2 Å². The number of halogens is 9. The van der Waals surface area contributed by atoms with E-state index in [2.05, 4.69) is 6.58 Å². The molecule has 296 valence electrons. The highest BCUT2D eigenvalue weighted by Crippen LogP contribution is 2.56. The van der Waals surface area contributed by atoms with Gasteiger partial charge >= 0.3 is 12.4 Å². The van der Waals surface area contributed by atoms with Crippen LogP contribution in [0.2, 0.25) is 0 Å². The third kappa shape index (κ3) is 8.25. The van der Waals surface area contributed by atoms with E-state index in [1.54, 1.807) is 19.1 Å². The van der Waals surface area contributed by atoms with Crippen molar-refractivity contribution in [3.05, 3.63) is 149 Å². The van der Waals surface area contributed by atoms with Gasteiger partial charge in [-0.2, -0.15) is 26.3 Å². The molecule has 0 aromatic heterocycles. The molecule has 4 unspecified atom stereocenters. The van der Waals surface area contributed by atoms with Gasteiger partial charge in [0.15, 0.2) is 29.0 Å². The largest absolute Gasteiger partial charge is 0.508 e. The summed E-state index contributed by atoms with van der Waals surface area (Å²) in [6, 6.07) is 4.48. The Morgan fingerprint density at radius 3 is 2.14 bits per heavy atom. The average Bonchev–Trinajstić information content (AvgIpc) is 3.11. The van der Waals surface area contributed by atoms with Gasteiger partial charge in [0.2, 0.25) is 0 Å². The molecular weight excluding hydrogens is 747 g/mol. The normalized spacial score (nSPS) is 24.7. The van der Waals surface area contributed by atoms with Crippen molar-refractivity contribution in [2.45, 2.75) is 64.2 Å². The van der Waals surface area contributed by atoms with Crippen molar-refractivity contribution in [2.75, 3.05) is 0 Å². The standard InChI is InChI=1S/C44H39F9O3/c1-4-24(2)21-34-38(45)39(46)35(40(47)41(34)56-33-15-9-27(10-16-33)36(43(48,49)50)25-5-11-31(54)12-6-25)29-22-30(23-29)42(3)19-17-28(18-20-42)37(44(51,52)53)26-7-13-32(55)14-8-26/h4-7,9-19,24,26,29-30,37,55H,1,8,20-23H2,2-3H3. The van der Waals surface area contributed by atoms with Gasteiger partial charge in [-0.1, -0.05) is 68.5 Å². The van der Waals surface area contributed by atoms with E-state index in [0.29, 0.717) is 0 Å². The molecule has 2 aromatic rings. The van der Waals surface area contributed by atoms with Gasteiger partial charge in [0.05, 0.1) is 11.5 Å². The van der Waals surface area contributed by atoms with Crippen LogP contribution in [0.3, 0.4) is 0 Å². The second-order valence-corrected chi connectivity index (χ2v) is 15.1. The molecule has 0 saturated heterocycles. The Morgan fingerprint density at radius 1 is 0.946 bits per heavy atom. The van der Waals surface area contributed by atoms with Gasteiger partial charge in [0.1, 0.15) is 11.5 Å². The second kappa shape index (κ2) is 15.5. The fraction of sp³-hybridized carbons (Fsp3) is 0.341. The first kappa shape index (κ1) is 40.7. The van der Waals surface area contributed by atoms with Crippen molar-refractivity contribution in [1.29, 1.82) is 0 Å². The highest BCUT2D eigenvalue weighted by molar-refractivity contribution is 6.02. The van der Waals surface area contributed by atoms with Gasteiger partial charge in [-0.3, -0.25) is 4.79 Å². The van der Waals surface area contributed by atoms with E-state index in [-0.39, 0.29) is 66.2 Å². The Balaban J connectivity index is 1.25. The van der Waals surface area contributed by atoms with Crippen molar-refractivity contribution in [3.8, 4) is 11.5 Å². The number of benzene rings is 2. The maximum Gasteiger partial charge on any atom is 0.417 e. The molecule has 4 atom stereocenters. The van der Waals surface area contributed by atoms with Crippen LogP contribution in [0.4, 0.5) is 39.5 Å². The molecular formula is C44H39F9O3. The quantitative estimate of drug-likeness (QED) is 0.148. The lowest BCUT2D eigenvalue weighted by atomic mass is 9.57. The monoisotopic (exact) mass is 786 g/mol. The lowest BCUT2D eigenvalue weighted by Gasteiger charge is -2.47. The van der Waals surface area contributed by atoms with E-state index in [4.69, 9.17) is 4.74 Å². The van der Waals surface area contributed by atoms with Crippen LogP contribution < -0.4 is 4.74 Å². The second-order valence-electron chi connectivity index (χ2n) is 15.1. The lowest BCUT2D eigenvalue weighted by molar-refractivity contribution is -0.172. The first-order chi connectivity index (χ1) is 26.3. The molecule has 4 aliphatic carbocycles. The van der Waals surface area contributed by atoms with Crippen molar-refractivity contribution in [3.63, 3.8) is 0 Å². The summed E-state index contributed by atoms with van der Waals surface area (Å²) in [7, 11) is 0. The van der Waals surface area contributed by atoms with Crippen LogP contribution in [0.1, 0.15) is 62.1 Å². The van der Waals surface area contributed by atoms with E-state index in [9.17, 15) is 36.2 Å². The Kier molecular flexibility index (Phi) is 11.3. The summed E-state index contributed by atoms with van der Waals surface area (Å²) in [5, 5.41) is 9.61. The summed E-state index contributed by atoms with van der Waals surface area (Å²) >= 11 is 0. The summed E-state index contributed by atoms with van der Waals surface area (Å²) in [4.78, 5) is 11.5. The summed E-state index contributed by atoms with van der Waals surface area (Å²) in [5.74, 6) is -9.29. The third-order valence-corrected chi connectivity index (χ3v) is 11.3. The first-order valence-electron chi connectivity index (χ1n) is 18.2. The molecule has 1 N–H and O–H groups in total. The number of carbonyl (C=O) groups is 1. The summed E-state index contributed by atoms with van der Waals surface area (Å²) in [6.45, 7) is 7.17. The molecule has 3 nitrogen and oxygen atoms in total. The SMILES string of the molecule is C=CC(C)Cc1c(F)c(F)c(C2CC(C3(C)C=CC(C(C4C=CC(O)=CC4)C(F)(F)F)=CC3)C2)c(F)c1Oc1ccc(C(=C2C=CC(=O)C=C2)C(F)(F)F)cc1.